The number of rotatable bonds is 8. The second-order valence-electron chi connectivity index (χ2n) is 5.88. The first kappa shape index (κ1) is 21.3. The van der Waals surface area contributed by atoms with Crippen LogP contribution in [-0.2, 0) is 4.79 Å². The van der Waals surface area contributed by atoms with Crippen LogP contribution >= 0.6 is 11.3 Å². The molecule has 0 fully saturated rings. The molecular formula is C21H18F2N2O4S. The number of alkyl halides is 2. The zero-order valence-electron chi connectivity index (χ0n) is 16.1. The summed E-state index contributed by atoms with van der Waals surface area (Å²) in [6.45, 7) is -2.94. The summed E-state index contributed by atoms with van der Waals surface area (Å²) in [5.74, 6) is 0.824. The number of amides is 1. The standard InChI is InChI=1S/C21H18F2N2O4S/c1-27-14-9-13(10-15(11-14)28-2)7-8-19(26)25-21-24-17(12-30-21)16-5-3-4-6-18(16)29-20(22)23/h3-12,20H,1-2H3,(H,24,25,26)/b8-7+. The summed E-state index contributed by atoms with van der Waals surface area (Å²) in [7, 11) is 3.08. The highest BCUT2D eigenvalue weighted by Gasteiger charge is 2.14. The normalized spacial score (nSPS) is 11.0. The third kappa shape index (κ3) is 5.54. The lowest BCUT2D eigenvalue weighted by Gasteiger charge is -2.08. The Bertz CT molecular complexity index is 1030. The number of nitrogens with one attached hydrogen (secondary N) is 1. The van der Waals surface area contributed by atoms with Gasteiger partial charge in [0.1, 0.15) is 17.2 Å². The van der Waals surface area contributed by atoms with E-state index in [-0.39, 0.29) is 5.75 Å². The zero-order chi connectivity index (χ0) is 21.5. The van der Waals surface area contributed by atoms with Gasteiger partial charge in [-0.2, -0.15) is 8.78 Å². The molecule has 3 rings (SSSR count). The van der Waals surface area contributed by atoms with Gasteiger partial charge in [-0.3, -0.25) is 10.1 Å². The lowest BCUT2D eigenvalue weighted by atomic mass is 10.1. The molecule has 0 spiro atoms. The number of hydrogen-bond acceptors (Lipinski definition) is 6. The van der Waals surface area contributed by atoms with E-state index in [1.807, 2.05) is 0 Å². The maximum Gasteiger partial charge on any atom is 0.387 e. The van der Waals surface area contributed by atoms with E-state index in [1.165, 1.54) is 23.5 Å². The second-order valence-corrected chi connectivity index (χ2v) is 6.74. The molecule has 0 saturated heterocycles. The van der Waals surface area contributed by atoms with Gasteiger partial charge in [-0.25, -0.2) is 4.98 Å². The van der Waals surface area contributed by atoms with Crippen molar-refractivity contribution in [1.82, 2.24) is 4.98 Å². The number of carbonyl (C=O) groups is 1. The van der Waals surface area contributed by atoms with Gasteiger partial charge in [0.2, 0.25) is 5.91 Å². The first-order valence-electron chi connectivity index (χ1n) is 8.70. The van der Waals surface area contributed by atoms with Crippen molar-refractivity contribution in [2.45, 2.75) is 6.61 Å². The summed E-state index contributed by atoms with van der Waals surface area (Å²) >= 11 is 1.17. The van der Waals surface area contributed by atoms with E-state index in [1.54, 1.807) is 62.1 Å². The Kier molecular flexibility index (Phi) is 6.97. The number of thiazole rings is 1. The Morgan fingerprint density at radius 3 is 2.50 bits per heavy atom. The minimum absolute atomic E-state index is 0.0162. The van der Waals surface area contributed by atoms with Crippen LogP contribution in [0.15, 0.2) is 53.9 Å². The molecule has 0 aliphatic carbocycles. The van der Waals surface area contributed by atoms with Crippen molar-refractivity contribution >= 4 is 28.5 Å². The maximum atomic E-state index is 12.6. The van der Waals surface area contributed by atoms with Crippen LogP contribution < -0.4 is 19.5 Å². The van der Waals surface area contributed by atoms with Crippen LogP contribution in [0.5, 0.6) is 17.2 Å². The third-order valence-corrected chi connectivity index (χ3v) is 4.67. The van der Waals surface area contributed by atoms with E-state index in [0.717, 1.165) is 5.56 Å². The van der Waals surface area contributed by atoms with E-state index in [9.17, 15) is 13.6 Å². The molecule has 1 heterocycles. The molecule has 1 amide bonds. The number of carbonyl (C=O) groups excluding carboxylic acids is 1. The van der Waals surface area contributed by atoms with Crippen molar-refractivity contribution in [3.8, 4) is 28.5 Å². The molecule has 0 aliphatic rings. The highest BCUT2D eigenvalue weighted by molar-refractivity contribution is 7.14. The predicted molar refractivity (Wildman–Crippen MR) is 111 cm³/mol. The molecule has 0 saturated carbocycles. The quantitative estimate of drug-likeness (QED) is 0.503. The van der Waals surface area contributed by atoms with Crippen molar-refractivity contribution in [2.24, 2.45) is 0 Å². The van der Waals surface area contributed by atoms with Gasteiger partial charge in [0.05, 0.1) is 19.9 Å². The molecule has 0 bridgehead atoms. The number of benzene rings is 2. The molecule has 1 N–H and O–H groups in total. The van der Waals surface area contributed by atoms with Gasteiger partial charge < -0.3 is 14.2 Å². The molecule has 0 aliphatic heterocycles. The molecule has 30 heavy (non-hydrogen) atoms. The topological polar surface area (TPSA) is 69.7 Å². The highest BCUT2D eigenvalue weighted by atomic mass is 32.1. The molecule has 156 valence electrons. The molecule has 0 unspecified atom stereocenters. The first-order valence-corrected chi connectivity index (χ1v) is 9.58. The van der Waals surface area contributed by atoms with Crippen LogP contribution in [0.1, 0.15) is 5.56 Å². The number of hydrogen-bond donors (Lipinski definition) is 1. The van der Waals surface area contributed by atoms with Crippen LogP contribution in [0.3, 0.4) is 0 Å². The van der Waals surface area contributed by atoms with Gasteiger partial charge in [-0.05, 0) is 35.9 Å². The average molecular weight is 432 g/mol. The lowest BCUT2D eigenvalue weighted by molar-refractivity contribution is -0.111. The lowest BCUT2D eigenvalue weighted by Crippen LogP contribution is -2.07. The average Bonchev–Trinajstić information content (AvgIpc) is 3.20. The number of ether oxygens (including phenoxy) is 3. The van der Waals surface area contributed by atoms with Crippen LogP contribution in [0, 0.1) is 0 Å². The number of halogens is 2. The van der Waals surface area contributed by atoms with Crippen molar-refractivity contribution in [2.75, 3.05) is 19.5 Å². The molecule has 1 aromatic heterocycles. The Balaban J connectivity index is 1.71. The molecule has 2 aromatic carbocycles. The monoisotopic (exact) mass is 432 g/mol. The number of nitrogens with zero attached hydrogens (tertiary/aromatic N) is 1. The summed E-state index contributed by atoms with van der Waals surface area (Å²) in [5, 5.41) is 4.63. The summed E-state index contributed by atoms with van der Waals surface area (Å²) < 4.78 is 40.1. The Hall–Kier alpha value is -3.46. The van der Waals surface area contributed by atoms with E-state index in [4.69, 9.17) is 9.47 Å². The van der Waals surface area contributed by atoms with Crippen LogP contribution in [0.4, 0.5) is 13.9 Å². The first-order chi connectivity index (χ1) is 14.5. The van der Waals surface area contributed by atoms with Crippen LogP contribution in [0.2, 0.25) is 0 Å². The minimum Gasteiger partial charge on any atom is -0.497 e. The highest BCUT2D eigenvalue weighted by Crippen LogP contribution is 2.33. The summed E-state index contributed by atoms with van der Waals surface area (Å²) in [6, 6.07) is 11.6. The van der Waals surface area contributed by atoms with Gasteiger partial charge in [0, 0.05) is 23.1 Å². The van der Waals surface area contributed by atoms with Crippen molar-refractivity contribution in [3.63, 3.8) is 0 Å². The fraction of sp³-hybridized carbons (Fsp3) is 0.143. The SMILES string of the molecule is COc1cc(/C=C/C(=O)Nc2nc(-c3ccccc3OC(F)F)cs2)cc(OC)c1. The van der Waals surface area contributed by atoms with Gasteiger partial charge in [-0.15, -0.1) is 11.3 Å². The second kappa shape index (κ2) is 9.84. The van der Waals surface area contributed by atoms with Gasteiger partial charge in [0.15, 0.2) is 5.13 Å². The summed E-state index contributed by atoms with van der Waals surface area (Å²) in [5.41, 5.74) is 1.56. The van der Waals surface area contributed by atoms with Crippen LogP contribution in [-0.4, -0.2) is 31.7 Å². The fourth-order valence-corrected chi connectivity index (χ4v) is 3.29. The van der Waals surface area contributed by atoms with Gasteiger partial charge in [0.25, 0.3) is 0 Å². The molecule has 0 atom stereocenters. The molecular weight excluding hydrogens is 414 g/mol. The number of aromatic nitrogens is 1. The molecule has 3 aromatic rings. The maximum absolute atomic E-state index is 12.6. The molecule has 6 nitrogen and oxygen atoms in total. The third-order valence-electron chi connectivity index (χ3n) is 3.91. The Morgan fingerprint density at radius 2 is 1.83 bits per heavy atom. The smallest absolute Gasteiger partial charge is 0.387 e. The molecule has 0 radical (unpaired) electrons. The van der Waals surface area contributed by atoms with E-state index < -0.39 is 12.5 Å². The summed E-state index contributed by atoms with van der Waals surface area (Å²) in [6.07, 6.45) is 2.96. The fourth-order valence-electron chi connectivity index (χ4n) is 2.58. The van der Waals surface area contributed by atoms with Crippen molar-refractivity contribution < 1.29 is 27.8 Å². The number of anilines is 1. The van der Waals surface area contributed by atoms with Crippen molar-refractivity contribution in [1.29, 1.82) is 0 Å². The minimum atomic E-state index is -2.94. The number of methoxy groups -OCH3 is 2. The van der Waals surface area contributed by atoms with E-state index >= 15 is 0 Å². The predicted octanol–water partition coefficient (Wildman–Crippen LogP) is 5.08. The Morgan fingerprint density at radius 1 is 1.13 bits per heavy atom. The Labute approximate surface area is 175 Å². The van der Waals surface area contributed by atoms with E-state index in [0.29, 0.717) is 27.9 Å². The zero-order valence-corrected chi connectivity index (χ0v) is 16.9. The number of para-hydroxylation sites is 1. The van der Waals surface area contributed by atoms with Crippen molar-refractivity contribution in [3.05, 3.63) is 59.5 Å². The summed E-state index contributed by atoms with van der Waals surface area (Å²) in [4.78, 5) is 16.5. The molecule has 9 heteroatoms. The van der Waals surface area contributed by atoms with Gasteiger partial charge in [-0.1, -0.05) is 12.1 Å². The van der Waals surface area contributed by atoms with Crippen LogP contribution in [0.25, 0.3) is 17.3 Å². The van der Waals surface area contributed by atoms with E-state index in [2.05, 4.69) is 15.0 Å². The largest absolute Gasteiger partial charge is 0.497 e. The van der Waals surface area contributed by atoms with Gasteiger partial charge >= 0.3 is 6.61 Å².